The molecule has 0 saturated carbocycles. The molecule has 2 aliphatic heterocycles. The second-order valence-electron chi connectivity index (χ2n) is 4.61. The minimum atomic E-state index is 0.641. The standard InChI is InChI=1S/C12H22O2/c1(3-5-7-11-9-13-11)2-4-6-8-12-10-14-12/h11-12H,1-10H2/t11-,12-/m0/s1. The molecule has 0 radical (unpaired) electrons. The maximum atomic E-state index is 5.17. The van der Waals surface area contributed by atoms with Crippen molar-refractivity contribution in [3.05, 3.63) is 0 Å². The first kappa shape index (κ1) is 10.4. The van der Waals surface area contributed by atoms with Crippen LogP contribution in [0.4, 0.5) is 0 Å². The summed E-state index contributed by atoms with van der Waals surface area (Å²) in [5.74, 6) is 0. The molecular formula is C12H22O2. The van der Waals surface area contributed by atoms with Crippen molar-refractivity contribution >= 4 is 0 Å². The molecule has 82 valence electrons. The summed E-state index contributed by atoms with van der Waals surface area (Å²) in [4.78, 5) is 0. The van der Waals surface area contributed by atoms with Crippen molar-refractivity contribution in [2.45, 2.75) is 63.6 Å². The average molecular weight is 198 g/mol. The number of hydrogen-bond acceptors (Lipinski definition) is 2. The van der Waals surface area contributed by atoms with Gasteiger partial charge in [0, 0.05) is 0 Å². The summed E-state index contributed by atoms with van der Waals surface area (Å²) in [6.07, 6.45) is 12.3. The van der Waals surface area contributed by atoms with Crippen molar-refractivity contribution < 1.29 is 9.47 Å². The Bertz CT molecular complexity index is 132. The van der Waals surface area contributed by atoms with E-state index in [4.69, 9.17) is 9.47 Å². The Morgan fingerprint density at radius 3 is 1.36 bits per heavy atom. The van der Waals surface area contributed by atoms with Crippen molar-refractivity contribution in [2.75, 3.05) is 13.2 Å². The zero-order valence-corrected chi connectivity index (χ0v) is 9.04. The molecule has 2 heterocycles. The fourth-order valence-electron chi connectivity index (χ4n) is 1.92. The minimum Gasteiger partial charge on any atom is -0.373 e. The van der Waals surface area contributed by atoms with Gasteiger partial charge < -0.3 is 9.47 Å². The maximum absolute atomic E-state index is 5.17. The predicted molar refractivity (Wildman–Crippen MR) is 56.4 cm³/mol. The topological polar surface area (TPSA) is 25.1 Å². The van der Waals surface area contributed by atoms with E-state index in [2.05, 4.69) is 0 Å². The van der Waals surface area contributed by atoms with Crippen LogP contribution in [0.15, 0.2) is 0 Å². The molecule has 2 atom stereocenters. The summed E-state index contributed by atoms with van der Waals surface area (Å²) >= 11 is 0. The highest BCUT2D eigenvalue weighted by atomic mass is 16.6. The molecule has 0 spiro atoms. The molecule has 2 fully saturated rings. The number of hydrogen-bond donors (Lipinski definition) is 0. The quantitative estimate of drug-likeness (QED) is 0.420. The first-order chi connectivity index (χ1) is 6.95. The van der Waals surface area contributed by atoms with Crippen LogP contribution in [-0.4, -0.2) is 25.4 Å². The van der Waals surface area contributed by atoms with Gasteiger partial charge in [-0.3, -0.25) is 0 Å². The van der Waals surface area contributed by atoms with Gasteiger partial charge in [-0.2, -0.15) is 0 Å². The van der Waals surface area contributed by atoms with Crippen LogP contribution < -0.4 is 0 Å². The average Bonchev–Trinajstić information content (AvgIpc) is 3.00. The molecular weight excluding hydrogens is 176 g/mol. The fraction of sp³-hybridized carbons (Fsp3) is 1.00. The molecule has 0 N–H and O–H groups in total. The smallest absolute Gasteiger partial charge is 0.0810 e. The van der Waals surface area contributed by atoms with Crippen LogP contribution in [0.25, 0.3) is 0 Å². The Morgan fingerprint density at radius 1 is 0.643 bits per heavy atom. The van der Waals surface area contributed by atoms with E-state index in [1.807, 2.05) is 0 Å². The highest BCUT2D eigenvalue weighted by Crippen LogP contribution is 2.20. The number of unbranched alkanes of at least 4 members (excludes halogenated alkanes) is 5. The molecule has 14 heavy (non-hydrogen) atoms. The molecule has 0 aromatic heterocycles. The molecule has 2 aliphatic rings. The Labute approximate surface area is 87.0 Å². The van der Waals surface area contributed by atoms with Gasteiger partial charge in [-0.05, 0) is 12.8 Å². The fourth-order valence-corrected chi connectivity index (χ4v) is 1.92. The van der Waals surface area contributed by atoms with Crippen molar-refractivity contribution in [1.29, 1.82) is 0 Å². The predicted octanol–water partition coefficient (Wildman–Crippen LogP) is 2.90. The van der Waals surface area contributed by atoms with E-state index >= 15 is 0 Å². The third-order valence-electron chi connectivity index (χ3n) is 3.11. The monoisotopic (exact) mass is 198 g/mol. The third-order valence-corrected chi connectivity index (χ3v) is 3.11. The zero-order chi connectivity index (χ0) is 9.64. The van der Waals surface area contributed by atoms with E-state index in [1.165, 1.54) is 51.4 Å². The number of rotatable bonds is 9. The van der Waals surface area contributed by atoms with Gasteiger partial charge in [0.25, 0.3) is 0 Å². The van der Waals surface area contributed by atoms with Crippen LogP contribution in [-0.2, 0) is 9.47 Å². The Hall–Kier alpha value is -0.0800. The van der Waals surface area contributed by atoms with Crippen molar-refractivity contribution in [1.82, 2.24) is 0 Å². The molecule has 0 aliphatic carbocycles. The third kappa shape index (κ3) is 4.97. The summed E-state index contributed by atoms with van der Waals surface area (Å²) in [6, 6.07) is 0. The largest absolute Gasteiger partial charge is 0.373 e. The van der Waals surface area contributed by atoms with E-state index in [0.29, 0.717) is 12.2 Å². The summed E-state index contributed by atoms with van der Waals surface area (Å²) in [5.41, 5.74) is 0. The van der Waals surface area contributed by atoms with Crippen LogP contribution in [0.2, 0.25) is 0 Å². The number of epoxide rings is 2. The van der Waals surface area contributed by atoms with Gasteiger partial charge in [0.15, 0.2) is 0 Å². The van der Waals surface area contributed by atoms with Gasteiger partial charge in [0.2, 0.25) is 0 Å². The summed E-state index contributed by atoms with van der Waals surface area (Å²) in [5, 5.41) is 0. The highest BCUT2D eigenvalue weighted by molar-refractivity contribution is 4.69. The van der Waals surface area contributed by atoms with Gasteiger partial charge >= 0.3 is 0 Å². The van der Waals surface area contributed by atoms with Gasteiger partial charge in [-0.15, -0.1) is 0 Å². The molecule has 0 amide bonds. The Morgan fingerprint density at radius 2 is 1.00 bits per heavy atom. The van der Waals surface area contributed by atoms with E-state index in [1.54, 1.807) is 0 Å². The minimum absolute atomic E-state index is 0.641. The zero-order valence-electron chi connectivity index (χ0n) is 9.04. The summed E-state index contributed by atoms with van der Waals surface area (Å²) in [6.45, 7) is 2.06. The van der Waals surface area contributed by atoms with Gasteiger partial charge in [0.1, 0.15) is 0 Å². The Kier molecular flexibility index (Phi) is 4.26. The van der Waals surface area contributed by atoms with E-state index in [9.17, 15) is 0 Å². The molecule has 0 unspecified atom stereocenters. The maximum Gasteiger partial charge on any atom is 0.0810 e. The van der Waals surface area contributed by atoms with E-state index < -0.39 is 0 Å². The second kappa shape index (κ2) is 5.72. The van der Waals surface area contributed by atoms with Gasteiger partial charge in [-0.25, -0.2) is 0 Å². The number of ether oxygens (including phenoxy) is 2. The molecule has 0 bridgehead atoms. The van der Waals surface area contributed by atoms with Gasteiger partial charge in [0.05, 0.1) is 25.4 Å². The lowest BCUT2D eigenvalue weighted by molar-refractivity contribution is 0.382. The van der Waals surface area contributed by atoms with Crippen LogP contribution in [0, 0.1) is 0 Å². The first-order valence-corrected chi connectivity index (χ1v) is 6.18. The second-order valence-corrected chi connectivity index (χ2v) is 4.61. The van der Waals surface area contributed by atoms with Crippen LogP contribution in [0.3, 0.4) is 0 Å². The van der Waals surface area contributed by atoms with Crippen LogP contribution >= 0.6 is 0 Å². The summed E-state index contributed by atoms with van der Waals surface area (Å²) in [7, 11) is 0. The molecule has 2 heteroatoms. The molecule has 0 aromatic carbocycles. The molecule has 0 aromatic rings. The lowest BCUT2D eigenvalue weighted by atomic mass is 10.1. The Balaban J connectivity index is 1.25. The normalized spacial score (nSPS) is 29.1. The van der Waals surface area contributed by atoms with Crippen molar-refractivity contribution in [3.63, 3.8) is 0 Å². The van der Waals surface area contributed by atoms with Gasteiger partial charge in [-0.1, -0.05) is 38.5 Å². The molecule has 2 saturated heterocycles. The van der Waals surface area contributed by atoms with Crippen LogP contribution in [0.5, 0.6) is 0 Å². The van der Waals surface area contributed by atoms with E-state index in [-0.39, 0.29) is 0 Å². The summed E-state index contributed by atoms with van der Waals surface area (Å²) < 4.78 is 10.3. The molecule has 2 nitrogen and oxygen atoms in total. The van der Waals surface area contributed by atoms with Crippen LogP contribution in [0.1, 0.15) is 51.4 Å². The van der Waals surface area contributed by atoms with Crippen molar-refractivity contribution in [3.8, 4) is 0 Å². The lowest BCUT2D eigenvalue weighted by Crippen LogP contribution is -1.87. The SMILES string of the molecule is C(CCCC[C@H]1CO1)CCC[C@H]1CO1. The highest BCUT2D eigenvalue weighted by Gasteiger charge is 2.21. The van der Waals surface area contributed by atoms with E-state index in [0.717, 1.165) is 13.2 Å². The lowest BCUT2D eigenvalue weighted by Gasteiger charge is -1.99. The first-order valence-electron chi connectivity index (χ1n) is 6.18. The molecule has 2 rings (SSSR count). The van der Waals surface area contributed by atoms with Crippen molar-refractivity contribution in [2.24, 2.45) is 0 Å².